The molecule has 2 fully saturated rings. The Morgan fingerprint density at radius 1 is 1.30 bits per heavy atom. The lowest BCUT2D eigenvalue weighted by Gasteiger charge is -2.43. The average molecular weight is 279 g/mol. The van der Waals surface area contributed by atoms with Crippen molar-refractivity contribution in [2.75, 3.05) is 26.3 Å². The molecular weight excluding hydrogens is 257 g/mol. The number of morpholine rings is 1. The molecule has 0 spiro atoms. The second-order valence-corrected chi connectivity index (χ2v) is 5.60. The highest BCUT2D eigenvalue weighted by Gasteiger charge is 2.33. The molecule has 2 aliphatic rings. The van der Waals surface area contributed by atoms with Crippen LogP contribution in [0.3, 0.4) is 0 Å². The van der Waals surface area contributed by atoms with Gasteiger partial charge in [-0.25, -0.2) is 4.39 Å². The van der Waals surface area contributed by atoms with Gasteiger partial charge in [0.1, 0.15) is 18.2 Å². The zero-order valence-corrected chi connectivity index (χ0v) is 11.8. The highest BCUT2D eigenvalue weighted by molar-refractivity contribution is 5.22. The molecular formula is C16H22FNO2. The molecule has 1 heterocycles. The van der Waals surface area contributed by atoms with Crippen LogP contribution in [0.1, 0.15) is 25.7 Å². The van der Waals surface area contributed by atoms with Gasteiger partial charge < -0.3 is 9.47 Å². The van der Waals surface area contributed by atoms with Gasteiger partial charge in [0.25, 0.3) is 0 Å². The Bertz CT molecular complexity index is 438. The lowest BCUT2D eigenvalue weighted by Crippen LogP contribution is -2.53. The number of rotatable bonds is 4. The van der Waals surface area contributed by atoms with Gasteiger partial charge in [0, 0.05) is 25.2 Å². The fraction of sp³-hybridized carbons (Fsp3) is 0.625. The summed E-state index contributed by atoms with van der Waals surface area (Å²) in [6.45, 7) is 3.29. The van der Waals surface area contributed by atoms with Crippen LogP contribution >= 0.6 is 0 Å². The Hall–Kier alpha value is -1.13. The van der Waals surface area contributed by atoms with Crippen LogP contribution in [0.4, 0.5) is 4.39 Å². The summed E-state index contributed by atoms with van der Waals surface area (Å²) in [5, 5.41) is 0. The molecule has 0 amide bonds. The quantitative estimate of drug-likeness (QED) is 0.846. The average Bonchev–Trinajstić information content (AvgIpc) is 2.48. The summed E-state index contributed by atoms with van der Waals surface area (Å²) in [5.74, 6) is 0.361. The summed E-state index contributed by atoms with van der Waals surface area (Å²) < 4.78 is 24.6. The van der Waals surface area contributed by atoms with Gasteiger partial charge in [-0.2, -0.15) is 0 Å². The van der Waals surface area contributed by atoms with E-state index in [4.69, 9.17) is 9.47 Å². The minimum atomic E-state index is -0.249. The van der Waals surface area contributed by atoms with Crippen LogP contribution in [0.25, 0.3) is 0 Å². The number of benzene rings is 1. The van der Waals surface area contributed by atoms with Crippen molar-refractivity contribution in [3.8, 4) is 5.75 Å². The third-order valence-corrected chi connectivity index (χ3v) is 4.29. The highest BCUT2D eigenvalue weighted by Crippen LogP contribution is 2.28. The Kier molecular flexibility index (Phi) is 4.53. The molecule has 2 atom stereocenters. The number of hydrogen-bond donors (Lipinski definition) is 0. The minimum Gasteiger partial charge on any atom is -0.492 e. The first-order valence-electron chi connectivity index (χ1n) is 7.57. The van der Waals surface area contributed by atoms with Crippen LogP contribution in [0.5, 0.6) is 5.75 Å². The molecule has 1 saturated carbocycles. The summed E-state index contributed by atoms with van der Waals surface area (Å²) in [7, 11) is 0. The van der Waals surface area contributed by atoms with Crippen molar-refractivity contribution in [1.82, 2.24) is 4.90 Å². The van der Waals surface area contributed by atoms with E-state index in [9.17, 15) is 4.39 Å². The van der Waals surface area contributed by atoms with Crippen LogP contribution < -0.4 is 4.74 Å². The first-order chi connectivity index (χ1) is 9.83. The van der Waals surface area contributed by atoms with Gasteiger partial charge in [0.15, 0.2) is 0 Å². The van der Waals surface area contributed by atoms with Crippen LogP contribution in [-0.4, -0.2) is 43.3 Å². The molecule has 1 aliphatic carbocycles. The van der Waals surface area contributed by atoms with Gasteiger partial charge in [-0.1, -0.05) is 18.9 Å². The van der Waals surface area contributed by atoms with Crippen molar-refractivity contribution in [2.24, 2.45) is 0 Å². The third-order valence-electron chi connectivity index (χ3n) is 4.29. The molecule has 1 aliphatic heterocycles. The van der Waals surface area contributed by atoms with E-state index < -0.39 is 0 Å². The van der Waals surface area contributed by atoms with E-state index in [1.54, 1.807) is 12.1 Å². The van der Waals surface area contributed by atoms with E-state index in [-0.39, 0.29) is 5.82 Å². The molecule has 0 N–H and O–H groups in total. The van der Waals surface area contributed by atoms with E-state index in [2.05, 4.69) is 4.90 Å². The summed E-state index contributed by atoms with van der Waals surface area (Å²) in [6.07, 6.45) is 5.41. The zero-order valence-electron chi connectivity index (χ0n) is 11.8. The second-order valence-electron chi connectivity index (χ2n) is 5.60. The number of fused-ring (bicyclic) bond motifs is 1. The third kappa shape index (κ3) is 3.30. The molecule has 0 bridgehead atoms. The van der Waals surface area contributed by atoms with Gasteiger partial charge in [0.05, 0.1) is 12.7 Å². The largest absolute Gasteiger partial charge is 0.492 e. The fourth-order valence-corrected chi connectivity index (χ4v) is 3.29. The summed E-state index contributed by atoms with van der Waals surface area (Å²) in [5.41, 5.74) is 0. The standard InChI is InChI=1S/C16H22FNO2/c17-13-4-3-5-14(12-13)19-10-8-18-9-11-20-16-7-2-1-6-15(16)18/h3-5,12,15-16H,1-2,6-11H2/t15-,16+/m0/s1. The van der Waals surface area contributed by atoms with Crippen LogP contribution in [0.2, 0.25) is 0 Å². The number of ether oxygens (including phenoxy) is 2. The highest BCUT2D eigenvalue weighted by atomic mass is 19.1. The lowest BCUT2D eigenvalue weighted by molar-refractivity contribution is -0.0901. The maximum Gasteiger partial charge on any atom is 0.126 e. The molecule has 3 nitrogen and oxygen atoms in total. The molecule has 1 aromatic carbocycles. The molecule has 110 valence electrons. The Labute approximate surface area is 119 Å². The first-order valence-corrected chi connectivity index (χ1v) is 7.57. The number of halogens is 1. The second kappa shape index (κ2) is 6.55. The Morgan fingerprint density at radius 3 is 3.10 bits per heavy atom. The van der Waals surface area contributed by atoms with Gasteiger partial charge in [-0.15, -0.1) is 0 Å². The Morgan fingerprint density at radius 2 is 2.20 bits per heavy atom. The van der Waals surface area contributed by atoms with Crippen LogP contribution in [0, 0.1) is 5.82 Å². The first kappa shape index (κ1) is 13.8. The maximum atomic E-state index is 13.1. The van der Waals surface area contributed by atoms with Crippen molar-refractivity contribution in [3.05, 3.63) is 30.1 Å². The zero-order chi connectivity index (χ0) is 13.8. The molecule has 20 heavy (non-hydrogen) atoms. The van der Waals surface area contributed by atoms with Crippen molar-refractivity contribution in [3.63, 3.8) is 0 Å². The summed E-state index contributed by atoms with van der Waals surface area (Å²) in [6, 6.07) is 6.89. The van der Waals surface area contributed by atoms with Crippen molar-refractivity contribution in [1.29, 1.82) is 0 Å². The molecule has 0 aromatic heterocycles. The summed E-state index contributed by atoms with van der Waals surface area (Å²) in [4.78, 5) is 2.48. The van der Waals surface area contributed by atoms with Gasteiger partial charge in [-0.3, -0.25) is 4.90 Å². The van der Waals surface area contributed by atoms with E-state index in [0.717, 1.165) is 19.7 Å². The molecule has 0 radical (unpaired) electrons. The van der Waals surface area contributed by atoms with Crippen LogP contribution in [0.15, 0.2) is 24.3 Å². The lowest BCUT2D eigenvalue weighted by atomic mass is 9.90. The van der Waals surface area contributed by atoms with E-state index >= 15 is 0 Å². The van der Waals surface area contributed by atoms with Gasteiger partial charge in [-0.05, 0) is 25.0 Å². The van der Waals surface area contributed by atoms with Crippen molar-refractivity contribution in [2.45, 2.75) is 37.8 Å². The molecule has 1 saturated heterocycles. The van der Waals surface area contributed by atoms with E-state index in [0.29, 0.717) is 24.5 Å². The smallest absolute Gasteiger partial charge is 0.126 e. The van der Waals surface area contributed by atoms with Gasteiger partial charge >= 0.3 is 0 Å². The predicted molar refractivity (Wildman–Crippen MR) is 75.5 cm³/mol. The molecule has 0 unspecified atom stereocenters. The van der Waals surface area contributed by atoms with Gasteiger partial charge in [0.2, 0.25) is 0 Å². The topological polar surface area (TPSA) is 21.7 Å². The van der Waals surface area contributed by atoms with Crippen molar-refractivity contribution < 1.29 is 13.9 Å². The fourth-order valence-electron chi connectivity index (χ4n) is 3.29. The monoisotopic (exact) mass is 279 g/mol. The van der Waals surface area contributed by atoms with E-state index in [1.165, 1.54) is 37.8 Å². The minimum absolute atomic E-state index is 0.249. The normalized spacial score (nSPS) is 27.1. The van der Waals surface area contributed by atoms with Crippen LogP contribution in [-0.2, 0) is 4.74 Å². The molecule has 1 aromatic rings. The Balaban J connectivity index is 1.50. The number of nitrogens with zero attached hydrogens (tertiary/aromatic N) is 1. The van der Waals surface area contributed by atoms with Crippen molar-refractivity contribution >= 4 is 0 Å². The number of hydrogen-bond acceptors (Lipinski definition) is 3. The summed E-state index contributed by atoms with van der Waals surface area (Å²) >= 11 is 0. The molecule has 4 heteroatoms. The van der Waals surface area contributed by atoms with E-state index in [1.807, 2.05) is 0 Å². The SMILES string of the molecule is Fc1cccc(OCCN2CCO[C@@H]3CCCC[C@@H]32)c1. The predicted octanol–water partition coefficient (Wildman–Crippen LogP) is 2.85. The maximum absolute atomic E-state index is 13.1. The molecule has 3 rings (SSSR count).